The molecule has 0 aliphatic carbocycles. The molecule has 0 aliphatic heterocycles. The summed E-state index contributed by atoms with van der Waals surface area (Å²) < 4.78 is 28.0. The first-order valence-corrected chi connectivity index (χ1v) is 9.31. The third kappa shape index (κ3) is 3.88. The maximum atomic E-state index is 13.6. The number of aromatic nitrogens is 6. The van der Waals surface area contributed by atoms with Crippen molar-refractivity contribution in [3.63, 3.8) is 0 Å². The first-order chi connectivity index (χ1) is 14.4. The van der Waals surface area contributed by atoms with Crippen molar-refractivity contribution in [1.29, 1.82) is 0 Å². The van der Waals surface area contributed by atoms with E-state index in [2.05, 4.69) is 25.7 Å². The number of para-hydroxylation sites is 2. The second kappa shape index (κ2) is 7.97. The number of alkyl halides is 2. The van der Waals surface area contributed by atoms with Gasteiger partial charge in [-0.2, -0.15) is 13.6 Å². The smallest absolute Gasteiger partial charge is 0.320 e. The number of fused-ring (bicyclic) bond motifs is 1. The van der Waals surface area contributed by atoms with E-state index in [0.29, 0.717) is 16.9 Å². The lowest BCUT2D eigenvalue weighted by molar-refractivity contribution is -0.122. The number of imidazole rings is 1. The largest absolute Gasteiger partial charge is 0.345 e. The summed E-state index contributed by atoms with van der Waals surface area (Å²) in [6, 6.07) is 13.5. The molecule has 0 spiro atoms. The highest BCUT2D eigenvalue weighted by Gasteiger charge is 2.23. The van der Waals surface area contributed by atoms with Gasteiger partial charge in [0.05, 0.1) is 17.1 Å². The Morgan fingerprint density at radius 3 is 2.60 bits per heavy atom. The number of carbonyl (C=O) groups is 1. The zero-order valence-corrected chi connectivity index (χ0v) is 16.3. The number of aryl methyl sites for hydroxylation is 1. The molecule has 1 atom stereocenters. The Balaban J connectivity index is 1.48. The summed E-state index contributed by atoms with van der Waals surface area (Å²) in [7, 11) is 0. The molecule has 2 heterocycles. The van der Waals surface area contributed by atoms with Crippen LogP contribution in [-0.4, -0.2) is 35.7 Å². The fourth-order valence-electron chi connectivity index (χ4n) is 3.18. The van der Waals surface area contributed by atoms with Gasteiger partial charge in [0.1, 0.15) is 12.4 Å². The van der Waals surface area contributed by atoms with Crippen molar-refractivity contribution < 1.29 is 13.6 Å². The van der Waals surface area contributed by atoms with E-state index >= 15 is 0 Å². The van der Waals surface area contributed by atoms with Crippen molar-refractivity contribution in [3.05, 3.63) is 59.9 Å². The van der Waals surface area contributed by atoms with Crippen molar-refractivity contribution >= 4 is 16.9 Å². The molecule has 1 N–H and O–H groups in total. The van der Waals surface area contributed by atoms with E-state index in [-0.39, 0.29) is 12.4 Å². The minimum atomic E-state index is -2.78. The first-order valence-electron chi connectivity index (χ1n) is 9.31. The van der Waals surface area contributed by atoms with Gasteiger partial charge in [0.2, 0.25) is 11.7 Å². The van der Waals surface area contributed by atoms with E-state index in [1.54, 1.807) is 31.2 Å². The van der Waals surface area contributed by atoms with E-state index in [9.17, 15) is 13.6 Å². The number of rotatable bonds is 6. The summed E-state index contributed by atoms with van der Waals surface area (Å²) in [5.41, 5.74) is 2.64. The Bertz CT molecular complexity index is 1180. The molecule has 10 heteroatoms. The predicted molar refractivity (Wildman–Crippen MR) is 106 cm³/mol. The molecule has 2 aromatic carbocycles. The Hall–Kier alpha value is -3.69. The van der Waals surface area contributed by atoms with E-state index in [4.69, 9.17) is 0 Å². The zero-order valence-electron chi connectivity index (χ0n) is 16.3. The van der Waals surface area contributed by atoms with Gasteiger partial charge in [-0.3, -0.25) is 9.36 Å². The lowest BCUT2D eigenvalue weighted by atomic mass is 10.1. The van der Waals surface area contributed by atoms with Crippen molar-refractivity contribution in [2.75, 3.05) is 0 Å². The number of nitrogens with zero attached hydrogens (tertiary/aromatic N) is 6. The molecule has 2 aromatic heterocycles. The third-order valence-corrected chi connectivity index (χ3v) is 4.63. The molecule has 154 valence electrons. The van der Waals surface area contributed by atoms with Gasteiger partial charge in [-0.15, -0.1) is 10.2 Å². The Kier molecular flexibility index (Phi) is 5.21. The summed E-state index contributed by atoms with van der Waals surface area (Å²) in [5, 5.41) is 14.7. The molecular weight excluding hydrogens is 392 g/mol. The average Bonchev–Trinajstić information content (AvgIpc) is 3.33. The highest BCUT2D eigenvalue weighted by Crippen LogP contribution is 2.26. The molecule has 30 heavy (non-hydrogen) atoms. The Labute approximate surface area is 170 Å². The van der Waals surface area contributed by atoms with Gasteiger partial charge in [0, 0.05) is 5.56 Å². The van der Waals surface area contributed by atoms with Crippen LogP contribution in [0.3, 0.4) is 0 Å². The van der Waals surface area contributed by atoms with Crippen molar-refractivity contribution in [1.82, 2.24) is 35.1 Å². The standard InChI is InChI=1S/C20H19F2N7O/c1-12-7-9-14(10-8-12)18-25-27-28(26-18)11-17(30)23-13(2)19-24-15-5-3-4-6-16(15)29(19)20(21)22/h3-10,13,20H,11H2,1-2H3,(H,23,30)/t13-/m0/s1. The highest BCUT2D eigenvalue weighted by molar-refractivity contribution is 5.78. The number of tetrazole rings is 1. The van der Waals surface area contributed by atoms with E-state index in [1.165, 1.54) is 0 Å². The number of benzene rings is 2. The van der Waals surface area contributed by atoms with Crippen LogP contribution in [0.5, 0.6) is 0 Å². The molecule has 0 aliphatic rings. The highest BCUT2D eigenvalue weighted by atomic mass is 19.3. The number of amides is 1. The summed E-state index contributed by atoms with van der Waals surface area (Å²) in [6.45, 7) is 0.602. The number of nitrogens with one attached hydrogen (secondary N) is 1. The van der Waals surface area contributed by atoms with Gasteiger partial charge in [0.15, 0.2) is 0 Å². The zero-order chi connectivity index (χ0) is 21.3. The molecule has 0 bridgehead atoms. The maximum Gasteiger partial charge on any atom is 0.320 e. The minimum absolute atomic E-state index is 0.0754. The van der Waals surface area contributed by atoms with Crippen LogP contribution in [0.25, 0.3) is 22.4 Å². The van der Waals surface area contributed by atoms with E-state index in [1.807, 2.05) is 31.2 Å². The molecule has 8 nitrogen and oxygen atoms in total. The number of hydrogen-bond acceptors (Lipinski definition) is 5. The van der Waals surface area contributed by atoms with Crippen molar-refractivity contribution in [3.8, 4) is 11.4 Å². The molecule has 0 saturated carbocycles. The molecule has 1 amide bonds. The number of halogens is 2. The molecule has 0 radical (unpaired) electrons. The van der Waals surface area contributed by atoms with Crippen LogP contribution in [0.15, 0.2) is 48.5 Å². The quantitative estimate of drug-likeness (QED) is 0.526. The second-order valence-electron chi connectivity index (χ2n) is 6.91. The monoisotopic (exact) mass is 411 g/mol. The van der Waals surface area contributed by atoms with Crippen LogP contribution in [-0.2, 0) is 11.3 Å². The number of hydrogen-bond donors (Lipinski definition) is 1. The predicted octanol–water partition coefficient (Wildman–Crippen LogP) is 3.27. The third-order valence-electron chi connectivity index (χ3n) is 4.63. The molecular formula is C20H19F2N7O. The van der Waals surface area contributed by atoms with Crippen LogP contribution in [0.2, 0.25) is 0 Å². The molecule has 4 aromatic rings. The summed E-state index contributed by atoms with van der Waals surface area (Å²) in [5.74, 6) is 0.0324. The number of carbonyl (C=O) groups excluding carboxylic acids is 1. The topological polar surface area (TPSA) is 90.5 Å². The minimum Gasteiger partial charge on any atom is -0.345 e. The molecule has 0 fully saturated rings. The lowest BCUT2D eigenvalue weighted by Gasteiger charge is -2.15. The van der Waals surface area contributed by atoms with Gasteiger partial charge in [-0.25, -0.2) is 4.98 Å². The van der Waals surface area contributed by atoms with Crippen LogP contribution in [0.1, 0.15) is 30.9 Å². The molecule has 0 saturated heterocycles. The first kappa shape index (κ1) is 19.6. The fraction of sp³-hybridized carbons (Fsp3) is 0.250. The molecule has 4 rings (SSSR count). The van der Waals surface area contributed by atoms with Crippen LogP contribution in [0, 0.1) is 6.92 Å². The summed E-state index contributed by atoms with van der Waals surface area (Å²) in [4.78, 5) is 17.8. The van der Waals surface area contributed by atoms with Gasteiger partial charge >= 0.3 is 6.55 Å². The van der Waals surface area contributed by atoms with E-state index in [0.717, 1.165) is 20.5 Å². The van der Waals surface area contributed by atoms with Crippen molar-refractivity contribution in [2.45, 2.75) is 33.0 Å². The lowest BCUT2D eigenvalue weighted by Crippen LogP contribution is -2.32. The van der Waals surface area contributed by atoms with Gasteiger partial charge in [0.25, 0.3) is 0 Å². The Morgan fingerprint density at radius 1 is 1.13 bits per heavy atom. The van der Waals surface area contributed by atoms with Crippen LogP contribution < -0.4 is 5.32 Å². The second-order valence-corrected chi connectivity index (χ2v) is 6.91. The maximum absolute atomic E-state index is 13.6. The van der Waals surface area contributed by atoms with Gasteiger partial charge in [-0.1, -0.05) is 42.0 Å². The van der Waals surface area contributed by atoms with Crippen LogP contribution in [0.4, 0.5) is 8.78 Å². The fourth-order valence-corrected chi connectivity index (χ4v) is 3.18. The van der Waals surface area contributed by atoms with Crippen LogP contribution >= 0.6 is 0 Å². The Morgan fingerprint density at radius 2 is 1.87 bits per heavy atom. The van der Waals surface area contributed by atoms with Gasteiger partial charge < -0.3 is 5.32 Å². The summed E-state index contributed by atoms with van der Waals surface area (Å²) in [6.07, 6.45) is 0. The molecule has 0 unspecified atom stereocenters. The van der Waals surface area contributed by atoms with Gasteiger partial charge in [-0.05, 0) is 31.2 Å². The average molecular weight is 411 g/mol. The normalized spacial score (nSPS) is 12.4. The SMILES string of the molecule is Cc1ccc(-c2nnn(CC(=O)N[C@@H](C)c3nc4ccccc4n3C(F)F)n2)cc1. The van der Waals surface area contributed by atoms with E-state index < -0.39 is 18.5 Å². The summed E-state index contributed by atoms with van der Waals surface area (Å²) >= 11 is 0. The van der Waals surface area contributed by atoms with Crippen molar-refractivity contribution in [2.24, 2.45) is 0 Å².